The van der Waals surface area contributed by atoms with E-state index in [1.807, 2.05) is 11.3 Å². The van der Waals surface area contributed by atoms with Crippen LogP contribution in [0.5, 0.6) is 0 Å². The average Bonchev–Trinajstić information content (AvgIpc) is 3.94. The molecule has 4 heteroatoms. The molecule has 0 atom stereocenters. The van der Waals surface area contributed by atoms with E-state index in [2.05, 4.69) is 189 Å². The first-order chi connectivity index (χ1) is 30.9. The fraction of sp³-hybridized carbons (Fsp3) is 0.186. The van der Waals surface area contributed by atoms with E-state index in [0.29, 0.717) is 0 Å². The largest absolute Gasteiger partial charge is 0.376 e. The van der Waals surface area contributed by atoms with Gasteiger partial charge in [-0.1, -0.05) is 138 Å². The van der Waals surface area contributed by atoms with Crippen molar-refractivity contribution >= 4 is 82.5 Å². The summed E-state index contributed by atoms with van der Waals surface area (Å²) in [7, 11) is 0. The second kappa shape index (κ2) is 13.8. The Morgan fingerprint density at radius 3 is 2.13 bits per heavy atom. The first-order valence-corrected chi connectivity index (χ1v) is 24.1. The highest BCUT2D eigenvalue weighted by Crippen LogP contribution is 2.58. The maximum absolute atomic E-state index is 2.75. The molecule has 13 rings (SSSR count). The van der Waals surface area contributed by atoms with Gasteiger partial charge in [-0.3, -0.25) is 0 Å². The maximum atomic E-state index is 2.75. The highest BCUT2D eigenvalue weighted by atomic mass is 32.1. The predicted molar refractivity (Wildman–Crippen MR) is 273 cm³/mol. The molecule has 0 radical (unpaired) electrons. The van der Waals surface area contributed by atoms with E-state index < -0.39 is 0 Å². The summed E-state index contributed by atoms with van der Waals surface area (Å²) in [6.45, 7) is 9.55. The molecule has 3 aliphatic rings. The highest BCUT2D eigenvalue weighted by molar-refractivity contribution is 7.26. The number of unbranched alkanes of at least 4 members (excludes halogenated alkanes) is 2. The first-order valence-electron chi connectivity index (χ1n) is 23.3. The van der Waals surface area contributed by atoms with Crippen LogP contribution in [0.1, 0.15) is 75.6 Å². The molecule has 2 aromatic heterocycles. The molecular weight excluding hydrogens is 780 g/mol. The molecule has 0 fully saturated rings. The van der Waals surface area contributed by atoms with Crippen molar-refractivity contribution < 1.29 is 0 Å². The Morgan fingerprint density at radius 2 is 1.30 bits per heavy atom. The number of thiophene rings is 1. The Balaban J connectivity index is 1.22. The smallest absolute Gasteiger partial charge is 0.333 e. The quantitative estimate of drug-likeness (QED) is 0.139. The Morgan fingerprint density at radius 1 is 0.571 bits per heavy atom. The summed E-state index contributed by atoms with van der Waals surface area (Å²) in [5.74, 6) is 0. The lowest BCUT2D eigenvalue weighted by atomic mass is 9.43. The number of anilines is 2. The molecule has 1 aliphatic carbocycles. The van der Waals surface area contributed by atoms with Crippen molar-refractivity contribution in [2.75, 3.05) is 4.81 Å². The molecule has 10 aromatic rings. The number of nitrogens with zero attached hydrogens (tertiary/aromatic N) is 2. The molecule has 63 heavy (non-hydrogen) atoms. The van der Waals surface area contributed by atoms with Gasteiger partial charge in [0.25, 0.3) is 0 Å². The van der Waals surface area contributed by atoms with Gasteiger partial charge in [0.05, 0.1) is 11.0 Å². The van der Waals surface area contributed by atoms with E-state index in [4.69, 9.17) is 0 Å². The monoisotopic (exact) mass is 828 g/mol. The summed E-state index contributed by atoms with van der Waals surface area (Å²) in [6, 6.07) is 58.7. The Labute approximate surface area is 374 Å². The molecule has 0 saturated carbocycles. The van der Waals surface area contributed by atoms with Crippen molar-refractivity contribution in [3.8, 4) is 39.1 Å². The zero-order chi connectivity index (χ0) is 42.1. The minimum atomic E-state index is -0.211. The third kappa shape index (κ3) is 5.19. The number of hydrogen-bond donors (Lipinski definition) is 0. The fourth-order valence-corrected chi connectivity index (χ4v) is 13.1. The van der Waals surface area contributed by atoms with Gasteiger partial charge in [0.2, 0.25) is 0 Å². The Hall–Kier alpha value is -6.36. The number of aryl methyl sites for hydroxylation is 2. The van der Waals surface area contributed by atoms with Crippen LogP contribution in [0, 0.1) is 0 Å². The van der Waals surface area contributed by atoms with Crippen LogP contribution in [0.4, 0.5) is 11.4 Å². The van der Waals surface area contributed by atoms with Gasteiger partial charge in [0, 0.05) is 59.0 Å². The van der Waals surface area contributed by atoms with Gasteiger partial charge in [-0.05, 0) is 141 Å². The van der Waals surface area contributed by atoms with Crippen LogP contribution in [-0.2, 0) is 18.3 Å². The number of benzene rings is 8. The van der Waals surface area contributed by atoms with E-state index in [1.165, 1.54) is 151 Å². The fourth-order valence-electron chi connectivity index (χ4n) is 12.0. The molecule has 4 heterocycles. The average molecular weight is 829 g/mol. The molecule has 0 saturated heterocycles. The molecule has 0 bridgehead atoms. The molecule has 0 N–H and O–H groups in total. The van der Waals surface area contributed by atoms with Gasteiger partial charge >= 0.3 is 6.85 Å². The molecule has 0 unspecified atom stereocenters. The third-order valence-corrected chi connectivity index (χ3v) is 16.0. The second-order valence-corrected chi connectivity index (χ2v) is 20.0. The van der Waals surface area contributed by atoms with E-state index in [-0.39, 0.29) is 12.3 Å². The predicted octanol–water partition coefficient (Wildman–Crippen LogP) is 15.0. The first kappa shape index (κ1) is 37.2. The van der Waals surface area contributed by atoms with Gasteiger partial charge in [-0.2, -0.15) is 0 Å². The van der Waals surface area contributed by atoms with Crippen LogP contribution in [0.3, 0.4) is 0 Å². The van der Waals surface area contributed by atoms with Crippen LogP contribution < -0.4 is 15.7 Å². The number of rotatable bonds is 8. The van der Waals surface area contributed by atoms with Crippen LogP contribution in [-0.4, -0.2) is 11.4 Å². The van der Waals surface area contributed by atoms with Gasteiger partial charge in [0.15, 0.2) is 0 Å². The zero-order valence-electron chi connectivity index (χ0n) is 36.6. The number of aromatic nitrogens is 1. The molecule has 8 aromatic carbocycles. The number of hydrogen-bond acceptors (Lipinski definition) is 2. The molecule has 2 nitrogen and oxygen atoms in total. The van der Waals surface area contributed by atoms with E-state index in [0.717, 1.165) is 12.8 Å². The second-order valence-electron chi connectivity index (χ2n) is 18.9. The van der Waals surface area contributed by atoms with Crippen LogP contribution in [0.15, 0.2) is 152 Å². The van der Waals surface area contributed by atoms with Crippen LogP contribution in [0.25, 0.3) is 81.0 Å². The van der Waals surface area contributed by atoms with E-state index in [1.54, 1.807) is 0 Å². The summed E-state index contributed by atoms with van der Waals surface area (Å²) in [6.07, 6.45) is 6.93. The minimum absolute atomic E-state index is 0.0438. The van der Waals surface area contributed by atoms with E-state index in [9.17, 15) is 0 Å². The lowest BCUT2D eigenvalue weighted by molar-refractivity contribution is 0.662. The maximum Gasteiger partial charge on any atom is 0.333 e. The van der Waals surface area contributed by atoms with Crippen molar-refractivity contribution in [3.63, 3.8) is 0 Å². The van der Waals surface area contributed by atoms with Crippen molar-refractivity contribution in [1.82, 2.24) is 4.57 Å². The lowest BCUT2D eigenvalue weighted by Crippen LogP contribution is -2.61. The van der Waals surface area contributed by atoms with Crippen LogP contribution in [0.2, 0.25) is 0 Å². The van der Waals surface area contributed by atoms with Gasteiger partial charge in [-0.15, -0.1) is 11.3 Å². The summed E-state index contributed by atoms with van der Waals surface area (Å²) < 4.78 is 5.39. The normalized spacial score (nSPS) is 14.2. The summed E-state index contributed by atoms with van der Waals surface area (Å²) in [4.78, 5) is 2.75. The molecule has 304 valence electrons. The van der Waals surface area contributed by atoms with Gasteiger partial charge in [0.1, 0.15) is 0 Å². The zero-order valence-corrected chi connectivity index (χ0v) is 37.4. The molecule has 0 amide bonds. The Kier molecular flexibility index (Phi) is 8.17. The standard InChI is InChI=1S/C59H49BN2S/c1-5-7-16-36-24-29-48-43(32-36)45-33-37(17-8-6-2)34-47-58(45)61(48)50-35-44-41-20-12-14-22-46(41)59(3,4)56(44)55-54-49(30-31-52-53(54)42-21-13-15-23-51(42)63-52)62(60(47)57(50)55)40-27-25-39(26-28-40)38-18-10-9-11-19-38/h9-15,18-35H,5-8,16-17H2,1-4H3. The molecule has 2 aliphatic heterocycles. The highest BCUT2D eigenvalue weighted by Gasteiger charge is 2.49. The Bertz CT molecular complexity index is 3520. The minimum Gasteiger partial charge on any atom is -0.376 e. The van der Waals surface area contributed by atoms with Crippen molar-refractivity contribution in [2.24, 2.45) is 0 Å². The summed E-state index contributed by atoms with van der Waals surface area (Å²) >= 11 is 1.93. The summed E-state index contributed by atoms with van der Waals surface area (Å²) in [5, 5.41) is 5.50. The van der Waals surface area contributed by atoms with Crippen molar-refractivity contribution in [2.45, 2.75) is 71.6 Å². The molecular formula is C59H49BN2S. The van der Waals surface area contributed by atoms with Gasteiger partial charge < -0.3 is 9.38 Å². The SMILES string of the molecule is CCCCc1ccc2c(c1)c1cc(CCCC)cc3c1n2-c1cc2c(c4c1B3N(c1ccc(-c3ccccc3)cc1)c1ccc3sc5ccccc5c3c1-4)C(C)(C)c1ccccc1-2. The van der Waals surface area contributed by atoms with Crippen molar-refractivity contribution in [3.05, 3.63) is 174 Å². The topological polar surface area (TPSA) is 8.17 Å². The van der Waals surface area contributed by atoms with Gasteiger partial charge in [-0.25, -0.2) is 0 Å². The molecule has 0 spiro atoms. The van der Waals surface area contributed by atoms with Crippen LogP contribution >= 0.6 is 11.3 Å². The third-order valence-electron chi connectivity index (χ3n) is 14.9. The number of fused-ring (bicyclic) bond motifs is 15. The lowest BCUT2D eigenvalue weighted by Gasteiger charge is -2.44. The summed E-state index contributed by atoms with van der Waals surface area (Å²) in [5.41, 5.74) is 23.0. The van der Waals surface area contributed by atoms with E-state index >= 15 is 0 Å². The van der Waals surface area contributed by atoms with Crippen molar-refractivity contribution in [1.29, 1.82) is 0 Å².